The highest BCUT2D eigenvalue weighted by molar-refractivity contribution is 7.84. The first-order valence-electron chi connectivity index (χ1n) is 7.10. The van der Waals surface area contributed by atoms with Crippen LogP contribution in [0.25, 0.3) is 0 Å². The van der Waals surface area contributed by atoms with E-state index in [-0.39, 0.29) is 17.4 Å². The van der Waals surface area contributed by atoms with Gasteiger partial charge in [-0.2, -0.15) is 0 Å². The number of methoxy groups -OCH3 is 1. The Morgan fingerprint density at radius 2 is 2.09 bits per heavy atom. The molecule has 0 bridgehead atoms. The van der Waals surface area contributed by atoms with Gasteiger partial charge in [-0.1, -0.05) is 23.7 Å². The molecular weight excluding hydrogens is 338 g/mol. The number of carbonyl (C=O) groups excluding carboxylic acids is 1. The third-order valence-corrected chi connectivity index (χ3v) is 4.89. The van der Waals surface area contributed by atoms with Gasteiger partial charge in [-0.25, -0.2) is 0 Å². The Morgan fingerprint density at radius 1 is 1.30 bits per heavy atom. The number of carbonyl (C=O) groups is 1. The summed E-state index contributed by atoms with van der Waals surface area (Å²) in [5.41, 5.74) is 0. The third-order valence-electron chi connectivity index (χ3n) is 3.05. The van der Waals surface area contributed by atoms with Crippen molar-refractivity contribution in [3.63, 3.8) is 0 Å². The van der Waals surface area contributed by atoms with Crippen molar-refractivity contribution in [3.8, 4) is 0 Å². The van der Waals surface area contributed by atoms with Crippen molar-refractivity contribution in [2.24, 2.45) is 0 Å². The maximum Gasteiger partial charge on any atom is 0.286 e. The second kappa shape index (κ2) is 8.86. The molecule has 0 radical (unpaired) electrons. The van der Waals surface area contributed by atoms with Crippen LogP contribution in [0.3, 0.4) is 0 Å². The Bertz CT molecular complexity index is 686. The van der Waals surface area contributed by atoms with E-state index in [9.17, 15) is 9.00 Å². The third kappa shape index (κ3) is 5.20. The number of hydrogen-bond acceptors (Lipinski definition) is 4. The molecule has 1 aromatic heterocycles. The average Bonchev–Trinajstić information content (AvgIpc) is 3.00. The lowest BCUT2D eigenvalue weighted by atomic mass is 10.4. The van der Waals surface area contributed by atoms with E-state index in [4.69, 9.17) is 20.8 Å². The van der Waals surface area contributed by atoms with Crippen LogP contribution in [0.5, 0.6) is 0 Å². The molecule has 0 saturated heterocycles. The van der Waals surface area contributed by atoms with Gasteiger partial charge in [0.25, 0.3) is 5.91 Å². The van der Waals surface area contributed by atoms with Crippen molar-refractivity contribution in [3.05, 3.63) is 52.9 Å². The van der Waals surface area contributed by atoms with E-state index in [1.807, 2.05) is 0 Å². The van der Waals surface area contributed by atoms with E-state index in [2.05, 4.69) is 5.32 Å². The Morgan fingerprint density at radius 3 is 2.83 bits per heavy atom. The van der Waals surface area contributed by atoms with Gasteiger partial charge < -0.3 is 14.5 Å². The number of hydrogen-bond donors (Lipinski definition) is 1. The first kappa shape index (κ1) is 17.7. The summed E-state index contributed by atoms with van der Waals surface area (Å²) in [7, 11) is 0.283. The smallest absolute Gasteiger partial charge is 0.286 e. The van der Waals surface area contributed by atoms with Crippen LogP contribution in [-0.2, 0) is 21.3 Å². The summed E-state index contributed by atoms with van der Waals surface area (Å²) in [6, 6.07) is 10.2. The van der Waals surface area contributed by atoms with Crippen LogP contribution in [-0.4, -0.2) is 30.4 Å². The van der Waals surface area contributed by atoms with Gasteiger partial charge in [-0.15, -0.1) is 0 Å². The Kier molecular flexibility index (Phi) is 6.83. The molecule has 0 saturated carbocycles. The highest BCUT2D eigenvalue weighted by Crippen LogP contribution is 2.22. The molecule has 0 aliphatic heterocycles. The summed E-state index contributed by atoms with van der Waals surface area (Å²) in [4.78, 5) is 12.4. The van der Waals surface area contributed by atoms with Gasteiger partial charge in [-0.05, 0) is 30.7 Å². The summed E-state index contributed by atoms with van der Waals surface area (Å²) in [5, 5.41) is 3.18. The second-order valence-corrected chi connectivity index (χ2v) is 6.62. The number of benzene rings is 1. The molecule has 0 aliphatic rings. The van der Waals surface area contributed by atoms with Crippen LogP contribution in [0.15, 0.2) is 45.7 Å². The second-order valence-electron chi connectivity index (χ2n) is 4.79. The molecule has 0 aliphatic carbocycles. The minimum Gasteiger partial charge on any atom is -0.455 e. The van der Waals surface area contributed by atoms with Crippen LogP contribution in [0.2, 0.25) is 5.02 Å². The first-order chi connectivity index (χ1) is 11.1. The predicted octanol–water partition coefficient (Wildman–Crippen LogP) is 3.01. The average molecular weight is 356 g/mol. The van der Waals surface area contributed by atoms with Crippen molar-refractivity contribution in [2.75, 3.05) is 20.3 Å². The fraction of sp³-hybridized carbons (Fsp3) is 0.312. The zero-order chi connectivity index (χ0) is 16.7. The lowest BCUT2D eigenvalue weighted by molar-refractivity contribution is 0.0919. The Balaban J connectivity index is 1.93. The molecule has 7 heteroatoms. The molecule has 2 aromatic rings. The summed E-state index contributed by atoms with van der Waals surface area (Å²) >= 11 is 6.03. The van der Waals surface area contributed by atoms with E-state index < -0.39 is 10.8 Å². The van der Waals surface area contributed by atoms with Gasteiger partial charge in [0.05, 0.1) is 26.5 Å². The molecule has 0 fully saturated rings. The molecule has 124 valence electrons. The highest BCUT2D eigenvalue weighted by Gasteiger charge is 2.14. The number of furan rings is 1. The topological polar surface area (TPSA) is 68.5 Å². The molecule has 1 aromatic carbocycles. The van der Waals surface area contributed by atoms with Crippen molar-refractivity contribution < 1.29 is 18.2 Å². The van der Waals surface area contributed by atoms with E-state index in [0.29, 0.717) is 28.8 Å². The van der Waals surface area contributed by atoms with Gasteiger partial charge in [0, 0.05) is 20.3 Å². The molecule has 23 heavy (non-hydrogen) atoms. The predicted molar refractivity (Wildman–Crippen MR) is 89.1 cm³/mol. The van der Waals surface area contributed by atoms with Gasteiger partial charge >= 0.3 is 0 Å². The molecule has 1 atom stereocenters. The molecule has 1 N–H and O–H groups in total. The van der Waals surface area contributed by atoms with Crippen LogP contribution in [0, 0.1) is 0 Å². The van der Waals surface area contributed by atoms with Crippen LogP contribution >= 0.6 is 11.6 Å². The molecule has 1 heterocycles. The van der Waals surface area contributed by atoms with Crippen molar-refractivity contribution in [1.29, 1.82) is 0 Å². The monoisotopic (exact) mass is 355 g/mol. The maximum atomic E-state index is 12.3. The zero-order valence-electron chi connectivity index (χ0n) is 12.7. The van der Waals surface area contributed by atoms with Crippen molar-refractivity contribution >= 4 is 28.3 Å². The normalized spacial score (nSPS) is 12.1. The summed E-state index contributed by atoms with van der Waals surface area (Å²) in [6.45, 7) is 1.09. The molecule has 2 rings (SSSR count). The standard InChI is InChI=1S/C16H18ClNO4S/c1-21-10-4-9-18-16(19)14-8-7-12(22-14)11-23(20)15-6-3-2-5-13(15)17/h2-3,5-8H,4,9-11H2,1H3,(H,18,19)/t23-/m0/s1. The van der Waals surface area contributed by atoms with Gasteiger partial charge in [0.1, 0.15) is 5.76 Å². The zero-order valence-corrected chi connectivity index (χ0v) is 14.3. The molecule has 0 spiro atoms. The molecule has 0 unspecified atom stereocenters. The summed E-state index contributed by atoms with van der Waals surface area (Å²) in [5.74, 6) is 0.551. The fourth-order valence-corrected chi connectivity index (χ4v) is 3.40. The quantitative estimate of drug-likeness (QED) is 0.739. The van der Waals surface area contributed by atoms with Crippen LogP contribution in [0.4, 0.5) is 0 Å². The largest absolute Gasteiger partial charge is 0.455 e. The van der Waals surface area contributed by atoms with Crippen molar-refractivity contribution in [2.45, 2.75) is 17.1 Å². The van der Waals surface area contributed by atoms with Gasteiger partial charge in [0.15, 0.2) is 5.76 Å². The Hall–Kier alpha value is -1.63. The van der Waals surface area contributed by atoms with Gasteiger partial charge in [-0.3, -0.25) is 9.00 Å². The van der Waals surface area contributed by atoms with Crippen LogP contribution < -0.4 is 5.32 Å². The summed E-state index contributed by atoms with van der Waals surface area (Å²) in [6.07, 6.45) is 0.729. The van der Waals surface area contributed by atoms with Crippen LogP contribution in [0.1, 0.15) is 22.7 Å². The Labute approximate surface area is 142 Å². The summed E-state index contributed by atoms with van der Waals surface area (Å²) < 4.78 is 22.7. The number of halogens is 1. The van der Waals surface area contributed by atoms with Crippen molar-refractivity contribution in [1.82, 2.24) is 5.32 Å². The van der Waals surface area contributed by atoms with E-state index >= 15 is 0 Å². The maximum absolute atomic E-state index is 12.3. The fourth-order valence-electron chi connectivity index (χ4n) is 1.92. The minimum absolute atomic E-state index is 0.167. The van der Waals surface area contributed by atoms with E-state index in [1.165, 1.54) is 0 Å². The number of amides is 1. The lowest BCUT2D eigenvalue weighted by Crippen LogP contribution is -2.24. The number of ether oxygens (including phenoxy) is 1. The number of rotatable bonds is 8. The van der Waals surface area contributed by atoms with E-state index in [1.54, 1.807) is 43.5 Å². The number of nitrogens with one attached hydrogen (secondary N) is 1. The highest BCUT2D eigenvalue weighted by atomic mass is 35.5. The first-order valence-corrected chi connectivity index (χ1v) is 8.80. The molecule has 1 amide bonds. The van der Waals surface area contributed by atoms with E-state index in [0.717, 1.165) is 6.42 Å². The lowest BCUT2D eigenvalue weighted by Gasteiger charge is -2.03. The SMILES string of the molecule is COCCCNC(=O)c1ccc(C[S@](=O)c2ccccc2Cl)o1. The van der Waals surface area contributed by atoms with Gasteiger partial charge in [0.2, 0.25) is 0 Å². The minimum atomic E-state index is -1.33. The molecular formula is C16H18ClNO4S. The molecule has 5 nitrogen and oxygen atoms in total.